The molecule has 0 heterocycles. The minimum atomic E-state index is 0.462. The molecule has 0 atom stereocenters. The first kappa shape index (κ1) is 6.88. The van der Waals surface area contributed by atoms with Gasteiger partial charge in [0.2, 0.25) is 0 Å². The van der Waals surface area contributed by atoms with E-state index in [4.69, 9.17) is 11.6 Å². The largest absolute Gasteiger partial charge is 0.123 e. The average molecular weight is 198 g/mol. The molecule has 1 fully saturated rings. The van der Waals surface area contributed by atoms with Gasteiger partial charge in [-0.25, -0.2) is 0 Å². The first-order chi connectivity index (χ1) is 3.79. The van der Waals surface area contributed by atoms with Crippen molar-refractivity contribution in [3.63, 3.8) is 0 Å². The lowest BCUT2D eigenvalue weighted by molar-refractivity contribution is 0.528. The van der Waals surface area contributed by atoms with E-state index in [1.165, 1.54) is 25.7 Å². The summed E-state index contributed by atoms with van der Waals surface area (Å²) in [5, 5.41) is 0.462. The van der Waals surface area contributed by atoms with Crippen molar-refractivity contribution < 1.29 is 0 Å². The number of halogens is 2. The molecule has 0 unspecified atom stereocenters. The zero-order chi connectivity index (χ0) is 5.98. The van der Waals surface area contributed by atoms with Crippen molar-refractivity contribution in [2.75, 3.05) is 0 Å². The van der Waals surface area contributed by atoms with Crippen LogP contribution in [0.5, 0.6) is 0 Å². The second-order valence-corrected chi connectivity index (χ2v) is 4.26. The van der Waals surface area contributed by atoms with Crippen LogP contribution < -0.4 is 0 Å². The lowest BCUT2D eigenvalue weighted by Crippen LogP contribution is -2.12. The molecule has 0 nitrogen and oxygen atoms in total. The fraction of sp³-hybridized carbons (Fsp3) is 1.00. The van der Waals surface area contributed by atoms with Gasteiger partial charge in [-0.1, -0.05) is 15.9 Å². The van der Waals surface area contributed by atoms with Crippen molar-refractivity contribution in [3.8, 4) is 0 Å². The fourth-order valence-electron chi connectivity index (χ4n) is 1.01. The third-order valence-corrected chi connectivity index (χ3v) is 2.94. The van der Waals surface area contributed by atoms with Crippen molar-refractivity contribution in [2.45, 2.75) is 35.9 Å². The summed E-state index contributed by atoms with van der Waals surface area (Å²) in [5.74, 6) is 0. The smallest absolute Gasteiger partial charge is 0.0336 e. The highest BCUT2D eigenvalue weighted by atomic mass is 79.9. The van der Waals surface area contributed by atoms with Crippen molar-refractivity contribution in [3.05, 3.63) is 0 Å². The fourth-order valence-corrected chi connectivity index (χ4v) is 1.79. The van der Waals surface area contributed by atoms with Gasteiger partial charge < -0.3 is 0 Å². The van der Waals surface area contributed by atoms with Gasteiger partial charge in [0, 0.05) is 10.2 Å². The molecular weight excluding hydrogens is 187 g/mol. The van der Waals surface area contributed by atoms with Gasteiger partial charge in [-0.15, -0.1) is 11.6 Å². The van der Waals surface area contributed by atoms with Crippen LogP contribution in [0, 0.1) is 0 Å². The van der Waals surface area contributed by atoms with Crippen molar-refractivity contribution in [2.24, 2.45) is 0 Å². The van der Waals surface area contributed by atoms with E-state index in [9.17, 15) is 0 Å². The Balaban J connectivity index is 2.19. The summed E-state index contributed by atoms with van der Waals surface area (Å²) in [4.78, 5) is 0.748. The van der Waals surface area contributed by atoms with Crippen LogP contribution in [0.4, 0.5) is 0 Å². The third-order valence-electron chi connectivity index (χ3n) is 1.59. The Morgan fingerprint density at radius 1 is 1.12 bits per heavy atom. The highest BCUT2D eigenvalue weighted by molar-refractivity contribution is 9.09. The highest BCUT2D eigenvalue weighted by Crippen LogP contribution is 2.26. The lowest BCUT2D eigenvalue weighted by atomic mass is 10.0. The maximum atomic E-state index is 5.86. The number of alkyl halides is 2. The first-order valence-corrected chi connectivity index (χ1v) is 4.42. The quantitative estimate of drug-likeness (QED) is 0.524. The number of rotatable bonds is 0. The Bertz CT molecular complexity index is 56.9. The van der Waals surface area contributed by atoms with Crippen molar-refractivity contribution in [1.29, 1.82) is 0 Å². The van der Waals surface area contributed by atoms with Gasteiger partial charge in [0.15, 0.2) is 0 Å². The van der Waals surface area contributed by atoms with Gasteiger partial charge in [-0.2, -0.15) is 0 Å². The van der Waals surface area contributed by atoms with E-state index >= 15 is 0 Å². The summed E-state index contributed by atoms with van der Waals surface area (Å²) in [6.07, 6.45) is 4.90. The standard InChI is InChI=1S/C6H10BrCl/c7-5-1-3-6(8)4-2-5/h5-6H,1-4H2/t5-,6+. The maximum absolute atomic E-state index is 5.86. The molecule has 0 saturated heterocycles. The Morgan fingerprint density at radius 3 is 2.00 bits per heavy atom. The molecule has 0 bridgehead atoms. The van der Waals surface area contributed by atoms with E-state index < -0.39 is 0 Å². The molecule has 0 spiro atoms. The molecule has 0 radical (unpaired) electrons. The summed E-state index contributed by atoms with van der Waals surface area (Å²) in [6, 6.07) is 0. The van der Waals surface area contributed by atoms with E-state index in [1.54, 1.807) is 0 Å². The Kier molecular flexibility index (Phi) is 2.64. The van der Waals surface area contributed by atoms with E-state index in [0.717, 1.165) is 4.83 Å². The monoisotopic (exact) mass is 196 g/mol. The summed E-state index contributed by atoms with van der Waals surface area (Å²) in [6.45, 7) is 0. The summed E-state index contributed by atoms with van der Waals surface area (Å²) in [5.41, 5.74) is 0. The predicted molar refractivity (Wildman–Crippen MR) is 40.8 cm³/mol. The number of hydrogen-bond acceptors (Lipinski definition) is 0. The van der Waals surface area contributed by atoms with Crippen LogP contribution in [-0.4, -0.2) is 10.2 Å². The topological polar surface area (TPSA) is 0 Å². The second-order valence-electron chi connectivity index (χ2n) is 2.35. The van der Waals surface area contributed by atoms with E-state index in [0.29, 0.717) is 5.38 Å². The van der Waals surface area contributed by atoms with Crippen LogP contribution in [0.15, 0.2) is 0 Å². The summed E-state index contributed by atoms with van der Waals surface area (Å²) in [7, 11) is 0. The molecule has 0 aromatic rings. The number of hydrogen-bond donors (Lipinski definition) is 0. The van der Waals surface area contributed by atoms with Crippen LogP contribution in [0.3, 0.4) is 0 Å². The minimum absolute atomic E-state index is 0.462. The first-order valence-electron chi connectivity index (χ1n) is 3.07. The van der Waals surface area contributed by atoms with Crippen LogP contribution in [0.1, 0.15) is 25.7 Å². The molecular formula is C6H10BrCl. The third kappa shape index (κ3) is 1.94. The molecule has 1 rings (SSSR count). The summed E-state index contributed by atoms with van der Waals surface area (Å²) < 4.78 is 0. The zero-order valence-corrected chi connectivity index (χ0v) is 7.08. The molecule has 0 N–H and O–H groups in total. The molecule has 0 aromatic carbocycles. The molecule has 0 aliphatic heterocycles. The van der Waals surface area contributed by atoms with Gasteiger partial charge in [-0.3, -0.25) is 0 Å². The van der Waals surface area contributed by atoms with Crippen molar-refractivity contribution >= 4 is 27.5 Å². The van der Waals surface area contributed by atoms with Crippen molar-refractivity contribution in [1.82, 2.24) is 0 Å². The van der Waals surface area contributed by atoms with Crippen LogP contribution in [0.25, 0.3) is 0 Å². The Labute approximate surface area is 63.7 Å². The highest BCUT2D eigenvalue weighted by Gasteiger charge is 2.15. The molecule has 1 aliphatic carbocycles. The van der Waals surface area contributed by atoms with Gasteiger partial charge in [0.05, 0.1) is 0 Å². The van der Waals surface area contributed by atoms with Gasteiger partial charge in [-0.05, 0) is 25.7 Å². The van der Waals surface area contributed by atoms with Gasteiger partial charge in [0.1, 0.15) is 0 Å². The zero-order valence-electron chi connectivity index (χ0n) is 4.74. The molecule has 0 aromatic heterocycles. The molecule has 1 aliphatic rings. The van der Waals surface area contributed by atoms with Gasteiger partial charge in [0.25, 0.3) is 0 Å². The Morgan fingerprint density at radius 2 is 1.62 bits per heavy atom. The predicted octanol–water partition coefficient (Wildman–Crippen LogP) is 2.93. The SMILES string of the molecule is Cl[C@H]1CC[C@@H](Br)CC1. The van der Waals surface area contributed by atoms with E-state index in [-0.39, 0.29) is 0 Å². The molecule has 48 valence electrons. The normalized spacial score (nSPS) is 39.8. The van der Waals surface area contributed by atoms with Crippen LogP contribution in [-0.2, 0) is 0 Å². The molecule has 2 heteroatoms. The minimum Gasteiger partial charge on any atom is -0.123 e. The molecule has 0 amide bonds. The van der Waals surface area contributed by atoms with Crippen LogP contribution >= 0.6 is 27.5 Å². The van der Waals surface area contributed by atoms with E-state index in [1.807, 2.05) is 0 Å². The second kappa shape index (κ2) is 3.07. The molecule has 8 heavy (non-hydrogen) atoms. The van der Waals surface area contributed by atoms with Crippen LogP contribution in [0.2, 0.25) is 0 Å². The van der Waals surface area contributed by atoms with E-state index in [2.05, 4.69) is 15.9 Å². The Hall–Kier alpha value is 0.770. The maximum Gasteiger partial charge on any atom is 0.0336 e. The lowest BCUT2D eigenvalue weighted by Gasteiger charge is -2.19. The summed E-state index contributed by atoms with van der Waals surface area (Å²) >= 11 is 9.42. The molecule has 1 saturated carbocycles. The van der Waals surface area contributed by atoms with Gasteiger partial charge >= 0.3 is 0 Å². The average Bonchev–Trinajstić information content (AvgIpc) is 1.77.